The number of fused-ring (bicyclic) bond motifs is 2. The average molecular weight is 452 g/mol. The number of nitrogens with zero attached hydrogens (tertiary/aromatic N) is 6. The van der Waals surface area contributed by atoms with Gasteiger partial charge in [0.2, 0.25) is 5.91 Å². The highest BCUT2D eigenvalue weighted by molar-refractivity contribution is 5.86. The van der Waals surface area contributed by atoms with Crippen LogP contribution < -0.4 is 5.32 Å². The average Bonchev–Trinajstić information content (AvgIpc) is 3.52. The van der Waals surface area contributed by atoms with Gasteiger partial charge in [-0.05, 0) is 41.9 Å². The van der Waals surface area contributed by atoms with Crippen molar-refractivity contribution < 1.29 is 4.79 Å². The number of likely N-dealkylation sites (N-methyl/N-ethyl adjacent to an activating group) is 2. The van der Waals surface area contributed by atoms with Crippen LogP contribution in [0.3, 0.4) is 0 Å². The van der Waals surface area contributed by atoms with E-state index in [1.807, 2.05) is 61.4 Å². The smallest absolute Gasteiger partial charge is 0.244 e. The standard InChI is InChI=1S/C26H25N7O/c1-31-11-12-32(2)26(34)23(31)17-5-7-21(8-6-17)29-24-25-28-9-10-33(25)16-22(30-24)18-3-4-19-14-27-15-20(19)13-18/h3-10,13-14,16,23H,11-12,15H2,1-2H3,(H,29,30)/t23-/m1/s1. The lowest BCUT2D eigenvalue weighted by Gasteiger charge is -2.37. The summed E-state index contributed by atoms with van der Waals surface area (Å²) in [7, 11) is 3.86. The molecule has 1 atom stereocenters. The molecule has 2 aliphatic rings. The van der Waals surface area contributed by atoms with Gasteiger partial charge in [0, 0.05) is 56.2 Å². The molecular weight excluding hydrogens is 426 g/mol. The molecule has 6 rings (SSSR count). The number of piperazine rings is 1. The second-order valence-electron chi connectivity index (χ2n) is 8.91. The Kier molecular flexibility index (Phi) is 4.88. The molecule has 34 heavy (non-hydrogen) atoms. The Morgan fingerprint density at radius 2 is 1.91 bits per heavy atom. The lowest BCUT2D eigenvalue weighted by Crippen LogP contribution is -2.48. The molecule has 8 heteroatoms. The minimum atomic E-state index is -0.253. The number of aromatic nitrogens is 3. The van der Waals surface area contributed by atoms with E-state index in [4.69, 9.17) is 4.98 Å². The Morgan fingerprint density at radius 3 is 2.76 bits per heavy atom. The van der Waals surface area contributed by atoms with Crippen LogP contribution in [-0.2, 0) is 11.3 Å². The molecule has 4 aromatic rings. The fourth-order valence-electron chi connectivity index (χ4n) is 4.65. The van der Waals surface area contributed by atoms with Gasteiger partial charge in [-0.3, -0.25) is 14.7 Å². The lowest BCUT2D eigenvalue weighted by molar-refractivity contribution is -0.139. The van der Waals surface area contributed by atoms with Crippen molar-refractivity contribution in [3.05, 3.63) is 77.7 Å². The van der Waals surface area contributed by atoms with E-state index in [1.54, 1.807) is 11.1 Å². The molecule has 1 fully saturated rings. The first-order chi connectivity index (χ1) is 16.6. The summed E-state index contributed by atoms with van der Waals surface area (Å²) in [6, 6.07) is 14.1. The number of rotatable bonds is 4. The van der Waals surface area contributed by atoms with Gasteiger partial charge in [0.15, 0.2) is 11.5 Å². The molecule has 4 heterocycles. The van der Waals surface area contributed by atoms with Gasteiger partial charge >= 0.3 is 0 Å². The highest BCUT2D eigenvalue weighted by atomic mass is 16.2. The lowest BCUT2D eigenvalue weighted by atomic mass is 10.0. The molecule has 2 aromatic heterocycles. The Morgan fingerprint density at radius 1 is 1.06 bits per heavy atom. The van der Waals surface area contributed by atoms with Gasteiger partial charge in [0.05, 0.1) is 12.2 Å². The van der Waals surface area contributed by atoms with E-state index in [0.717, 1.165) is 41.2 Å². The number of hydrogen-bond donors (Lipinski definition) is 1. The number of aliphatic imine (C=N–C) groups is 1. The third-order valence-electron chi connectivity index (χ3n) is 6.63. The van der Waals surface area contributed by atoms with E-state index in [0.29, 0.717) is 12.4 Å². The molecule has 0 spiro atoms. The number of carbonyl (C=O) groups is 1. The van der Waals surface area contributed by atoms with Crippen LogP contribution >= 0.6 is 0 Å². The molecule has 0 saturated carbocycles. The van der Waals surface area contributed by atoms with Crippen molar-refractivity contribution in [1.29, 1.82) is 0 Å². The van der Waals surface area contributed by atoms with Crippen LogP contribution in [-0.4, -0.2) is 63.5 Å². The van der Waals surface area contributed by atoms with Crippen LogP contribution in [0.1, 0.15) is 22.7 Å². The molecule has 0 bridgehead atoms. The Bertz CT molecular complexity index is 1420. The predicted molar refractivity (Wildman–Crippen MR) is 132 cm³/mol. The Labute approximate surface area is 197 Å². The van der Waals surface area contributed by atoms with Crippen molar-refractivity contribution in [3.8, 4) is 11.3 Å². The molecule has 2 aliphatic heterocycles. The van der Waals surface area contributed by atoms with Gasteiger partial charge in [-0.2, -0.15) is 0 Å². The van der Waals surface area contributed by atoms with Crippen LogP contribution in [0.25, 0.3) is 16.9 Å². The summed E-state index contributed by atoms with van der Waals surface area (Å²) in [6.45, 7) is 2.32. The summed E-state index contributed by atoms with van der Waals surface area (Å²) in [5.41, 5.74) is 6.90. The van der Waals surface area contributed by atoms with E-state index in [2.05, 4.69) is 38.4 Å². The molecule has 2 aromatic carbocycles. The van der Waals surface area contributed by atoms with Crippen molar-refractivity contribution in [2.45, 2.75) is 12.6 Å². The quantitative estimate of drug-likeness (QED) is 0.514. The van der Waals surface area contributed by atoms with Gasteiger partial charge < -0.3 is 14.6 Å². The van der Waals surface area contributed by atoms with Gasteiger partial charge in [-0.15, -0.1) is 0 Å². The first-order valence-electron chi connectivity index (χ1n) is 11.4. The van der Waals surface area contributed by atoms with Crippen LogP contribution in [0.5, 0.6) is 0 Å². The van der Waals surface area contributed by atoms with Gasteiger partial charge in [0.1, 0.15) is 6.04 Å². The number of benzene rings is 2. The number of carbonyl (C=O) groups excluding carboxylic acids is 1. The number of anilines is 2. The van der Waals surface area contributed by atoms with Crippen LogP contribution in [0.4, 0.5) is 11.5 Å². The van der Waals surface area contributed by atoms with Crippen molar-refractivity contribution in [2.75, 3.05) is 32.5 Å². The van der Waals surface area contributed by atoms with Crippen molar-refractivity contribution >= 4 is 29.3 Å². The third kappa shape index (κ3) is 3.52. The summed E-state index contributed by atoms with van der Waals surface area (Å²) < 4.78 is 1.98. The minimum Gasteiger partial charge on any atom is -0.343 e. The largest absolute Gasteiger partial charge is 0.343 e. The zero-order chi connectivity index (χ0) is 23.2. The first-order valence-corrected chi connectivity index (χ1v) is 11.4. The minimum absolute atomic E-state index is 0.127. The summed E-state index contributed by atoms with van der Waals surface area (Å²) in [5.74, 6) is 0.806. The normalized spacial score (nSPS) is 18.0. The molecule has 0 aliphatic carbocycles. The number of nitrogens with one attached hydrogen (secondary N) is 1. The zero-order valence-electron chi connectivity index (χ0n) is 19.1. The maximum Gasteiger partial charge on any atom is 0.244 e. The SMILES string of the molecule is CN1CCN(C)[C@H](c2ccc(Nc3nc(-c4ccc5c(c4)CN=C5)cn4ccnc34)cc2)C1=O. The van der Waals surface area contributed by atoms with Gasteiger partial charge in [-0.1, -0.05) is 24.3 Å². The Hall–Kier alpha value is -4.04. The molecule has 1 amide bonds. The molecule has 170 valence electrons. The van der Waals surface area contributed by atoms with Crippen molar-refractivity contribution in [2.24, 2.45) is 4.99 Å². The van der Waals surface area contributed by atoms with Gasteiger partial charge in [-0.25, -0.2) is 9.97 Å². The third-order valence-corrected chi connectivity index (χ3v) is 6.63. The number of amides is 1. The molecule has 1 N–H and O–H groups in total. The fraction of sp³-hybridized carbons (Fsp3) is 0.231. The molecule has 1 saturated heterocycles. The molecular formula is C26H25N7O. The highest BCUT2D eigenvalue weighted by Gasteiger charge is 2.31. The maximum atomic E-state index is 12.7. The van der Waals surface area contributed by atoms with E-state index in [-0.39, 0.29) is 11.9 Å². The maximum absolute atomic E-state index is 12.7. The zero-order valence-corrected chi connectivity index (χ0v) is 19.1. The first kappa shape index (κ1) is 20.6. The summed E-state index contributed by atoms with van der Waals surface area (Å²) in [4.78, 5) is 30.4. The van der Waals surface area contributed by atoms with Crippen LogP contribution in [0.15, 0.2) is 66.0 Å². The highest BCUT2D eigenvalue weighted by Crippen LogP contribution is 2.29. The van der Waals surface area contributed by atoms with Crippen molar-refractivity contribution in [1.82, 2.24) is 24.2 Å². The van der Waals surface area contributed by atoms with Gasteiger partial charge in [0.25, 0.3) is 0 Å². The van der Waals surface area contributed by atoms with E-state index in [9.17, 15) is 4.79 Å². The van der Waals surface area contributed by atoms with Crippen molar-refractivity contribution in [3.63, 3.8) is 0 Å². The van der Waals surface area contributed by atoms with E-state index >= 15 is 0 Å². The number of imidazole rings is 1. The molecule has 0 unspecified atom stereocenters. The Balaban J connectivity index is 1.31. The van der Waals surface area contributed by atoms with Crippen LogP contribution in [0, 0.1) is 0 Å². The summed E-state index contributed by atoms with van der Waals surface area (Å²) in [5, 5.41) is 3.43. The monoisotopic (exact) mass is 451 g/mol. The summed E-state index contributed by atoms with van der Waals surface area (Å²) >= 11 is 0. The number of hydrogen-bond acceptors (Lipinski definition) is 6. The molecule has 0 radical (unpaired) electrons. The topological polar surface area (TPSA) is 78.1 Å². The molecule has 8 nitrogen and oxygen atoms in total. The second kappa shape index (κ2) is 8.07. The van der Waals surface area contributed by atoms with Crippen LogP contribution in [0.2, 0.25) is 0 Å². The predicted octanol–water partition coefficient (Wildman–Crippen LogP) is 3.52. The fourth-order valence-corrected chi connectivity index (χ4v) is 4.65. The second-order valence-corrected chi connectivity index (χ2v) is 8.91. The van der Waals surface area contributed by atoms with E-state index < -0.39 is 0 Å². The van der Waals surface area contributed by atoms with E-state index in [1.165, 1.54) is 11.1 Å². The summed E-state index contributed by atoms with van der Waals surface area (Å²) in [6.07, 6.45) is 7.60.